The van der Waals surface area contributed by atoms with Crippen molar-refractivity contribution in [2.45, 2.75) is 24.6 Å². The van der Waals surface area contributed by atoms with Crippen LogP contribution in [0.25, 0.3) is 0 Å². The minimum Gasteiger partial charge on any atom is -0.260 e. The van der Waals surface area contributed by atoms with Gasteiger partial charge < -0.3 is 0 Å². The molecule has 1 aliphatic heterocycles. The summed E-state index contributed by atoms with van der Waals surface area (Å²) in [6.07, 6.45) is 3.44. The molecule has 1 atom stereocenters. The molecule has 2 aromatic rings. The molecular weight excluding hydrogens is 284 g/mol. The van der Waals surface area contributed by atoms with Gasteiger partial charge in [0.2, 0.25) is 10.0 Å². The maximum Gasteiger partial charge on any atom is 0.218 e. The highest BCUT2D eigenvalue weighted by molar-refractivity contribution is 7.88. The molecular formula is C16H18N2O2S. The van der Waals surface area contributed by atoms with Crippen LogP contribution in [-0.4, -0.2) is 24.3 Å². The van der Waals surface area contributed by atoms with Crippen molar-refractivity contribution in [2.24, 2.45) is 0 Å². The van der Waals surface area contributed by atoms with Crippen molar-refractivity contribution in [3.05, 3.63) is 66.0 Å². The Morgan fingerprint density at radius 2 is 1.86 bits per heavy atom. The van der Waals surface area contributed by atoms with Gasteiger partial charge in [-0.25, -0.2) is 8.42 Å². The summed E-state index contributed by atoms with van der Waals surface area (Å²) >= 11 is 0. The summed E-state index contributed by atoms with van der Waals surface area (Å²) in [7, 11) is -3.32. The molecule has 0 amide bonds. The molecule has 0 saturated carbocycles. The van der Waals surface area contributed by atoms with Crippen molar-refractivity contribution in [1.82, 2.24) is 9.29 Å². The molecule has 1 aromatic carbocycles. The lowest BCUT2D eigenvalue weighted by Gasteiger charge is -2.23. The zero-order chi connectivity index (χ0) is 14.7. The largest absolute Gasteiger partial charge is 0.260 e. The van der Waals surface area contributed by atoms with Crippen molar-refractivity contribution in [2.75, 3.05) is 6.54 Å². The van der Waals surface area contributed by atoms with E-state index in [9.17, 15) is 8.42 Å². The van der Waals surface area contributed by atoms with Crippen LogP contribution in [0.15, 0.2) is 54.7 Å². The molecule has 110 valence electrons. The van der Waals surface area contributed by atoms with Crippen LogP contribution >= 0.6 is 0 Å². The van der Waals surface area contributed by atoms with Crippen LogP contribution in [0.3, 0.4) is 0 Å². The number of hydrogen-bond acceptors (Lipinski definition) is 3. The van der Waals surface area contributed by atoms with Gasteiger partial charge in [0.25, 0.3) is 0 Å². The molecule has 4 nitrogen and oxygen atoms in total. The van der Waals surface area contributed by atoms with E-state index in [-0.39, 0.29) is 11.8 Å². The number of sulfonamides is 1. The SMILES string of the molecule is O=S(=O)(Cc1ccccc1)N1CCC[C@@H]1c1ccccn1. The van der Waals surface area contributed by atoms with E-state index in [1.165, 1.54) is 0 Å². The quantitative estimate of drug-likeness (QED) is 0.872. The molecule has 0 bridgehead atoms. The van der Waals surface area contributed by atoms with E-state index >= 15 is 0 Å². The summed E-state index contributed by atoms with van der Waals surface area (Å²) in [6, 6.07) is 14.9. The summed E-state index contributed by atoms with van der Waals surface area (Å²) in [5.41, 5.74) is 1.66. The molecule has 3 rings (SSSR count). The van der Waals surface area contributed by atoms with Crippen molar-refractivity contribution in [3.63, 3.8) is 0 Å². The van der Waals surface area contributed by atoms with Crippen LogP contribution < -0.4 is 0 Å². The van der Waals surface area contributed by atoms with E-state index in [0.717, 1.165) is 24.1 Å². The van der Waals surface area contributed by atoms with Gasteiger partial charge in [-0.1, -0.05) is 36.4 Å². The third-order valence-electron chi connectivity index (χ3n) is 3.78. The standard InChI is InChI=1S/C16H18N2O2S/c19-21(20,13-14-7-2-1-3-8-14)18-12-6-10-16(18)15-9-4-5-11-17-15/h1-5,7-9,11,16H,6,10,12-13H2/t16-/m1/s1. The molecule has 0 aliphatic carbocycles. The highest BCUT2D eigenvalue weighted by atomic mass is 32.2. The lowest BCUT2D eigenvalue weighted by Crippen LogP contribution is -2.32. The molecule has 0 N–H and O–H groups in total. The van der Waals surface area contributed by atoms with Gasteiger partial charge in [-0.3, -0.25) is 4.98 Å². The van der Waals surface area contributed by atoms with Crippen molar-refractivity contribution in [1.29, 1.82) is 0 Å². The van der Waals surface area contributed by atoms with Gasteiger partial charge in [0, 0.05) is 12.7 Å². The molecule has 1 aromatic heterocycles. The van der Waals surface area contributed by atoms with E-state index in [1.54, 1.807) is 10.5 Å². The fraction of sp³-hybridized carbons (Fsp3) is 0.312. The number of nitrogens with zero attached hydrogens (tertiary/aromatic N) is 2. The number of benzene rings is 1. The number of rotatable bonds is 4. The third kappa shape index (κ3) is 3.14. The first-order valence-electron chi connectivity index (χ1n) is 7.11. The number of pyridine rings is 1. The molecule has 21 heavy (non-hydrogen) atoms. The van der Waals surface area contributed by atoms with Gasteiger partial charge in [-0.15, -0.1) is 0 Å². The van der Waals surface area contributed by atoms with Gasteiger partial charge >= 0.3 is 0 Å². The average molecular weight is 302 g/mol. The third-order valence-corrected chi connectivity index (χ3v) is 5.63. The molecule has 5 heteroatoms. The summed E-state index contributed by atoms with van der Waals surface area (Å²) in [5.74, 6) is 0.0528. The number of hydrogen-bond donors (Lipinski definition) is 0. The minimum absolute atomic E-state index is 0.0528. The highest BCUT2D eigenvalue weighted by Gasteiger charge is 2.35. The Morgan fingerprint density at radius 1 is 1.10 bits per heavy atom. The van der Waals surface area contributed by atoms with Crippen LogP contribution in [0.4, 0.5) is 0 Å². The van der Waals surface area contributed by atoms with E-state index in [0.29, 0.717) is 6.54 Å². The van der Waals surface area contributed by atoms with Crippen molar-refractivity contribution >= 4 is 10.0 Å². The van der Waals surface area contributed by atoms with E-state index < -0.39 is 10.0 Å². The van der Waals surface area contributed by atoms with Gasteiger partial charge in [-0.05, 0) is 30.5 Å². The first-order valence-corrected chi connectivity index (χ1v) is 8.72. The highest BCUT2D eigenvalue weighted by Crippen LogP contribution is 2.34. The average Bonchev–Trinajstić information content (AvgIpc) is 2.99. The molecule has 1 aliphatic rings. The topological polar surface area (TPSA) is 50.3 Å². The Bertz CT molecular complexity index is 687. The van der Waals surface area contributed by atoms with Gasteiger partial charge in [0.05, 0.1) is 17.5 Å². The Balaban J connectivity index is 1.84. The first-order chi connectivity index (χ1) is 10.2. The van der Waals surface area contributed by atoms with Gasteiger partial charge in [0.1, 0.15) is 0 Å². The zero-order valence-electron chi connectivity index (χ0n) is 11.7. The lowest BCUT2D eigenvalue weighted by atomic mass is 10.1. The molecule has 1 fully saturated rings. The minimum atomic E-state index is -3.32. The van der Waals surface area contributed by atoms with Crippen LogP contribution in [0, 0.1) is 0 Å². The Hall–Kier alpha value is -1.72. The van der Waals surface area contributed by atoms with Crippen molar-refractivity contribution < 1.29 is 8.42 Å². The second-order valence-corrected chi connectivity index (χ2v) is 7.19. The van der Waals surface area contributed by atoms with E-state index in [4.69, 9.17) is 0 Å². The van der Waals surface area contributed by atoms with Crippen LogP contribution in [-0.2, 0) is 15.8 Å². The monoisotopic (exact) mass is 302 g/mol. The van der Waals surface area contributed by atoms with Crippen LogP contribution in [0.5, 0.6) is 0 Å². The summed E-state index contributed by atoms with van der Waals surface area (Å²) in [5, 5.41) is 0. The Labute approximate surface area is 125 Å². The second kappa shape index (κ2) is 5.95. The molecule has 0 radical (unpaired) electrons. The second-order valence-electron chi connectivity index (χ2n) is 5.27. The van der Waals surface area contributed by atoms with E-state index in [1.807, 2.05) is 48.5 Å². The first kappa shape index (κ1) is 14.2. The fourth-order valence-electron chi connectivity index (χ4n) is 2.81. The molecule has 1 saturated heterocycles. The normalized spacial score (nSPS) is 19.7. The molecule has 2 heterocycles. The summed E-state index contributed by atoms with van der Waals surface area (Å²) < 4.78 is 27.0. The lowest BCUT2D eigenvalue weighted by molar-refractivity contribution is 0.390. The zero-order valence-corrected chi connectivity index (χ0v) is 12.5. The maximum absolute atomic E-state index is 12.7. The summed E-state index contributed by atoms with van der Waals surface area (Å²) in [4.78, 5) is 4.33. The smallest absolute Gasteiger partial charge is 0.218 e. The van der Waals surface area contributed by atoms with Crippen LogP contribution in [0.1, 0.15) is 30.1 Å². The summed E-state index contributed by atoms with van der Waals surface area (Å²) in [6.45, 7) is 0.580. The van der Waals surface area contributed by atoms with Gasteiger partial charge in [-0.2, -0.15) is 4.31 Å². The van der Waals surface area contributed by atoms with E-state index in [2.05, 4.69) is 4.98 Å². The van der Waals surface area contributed by atoms with Crippen LogP contribution in [0.2, 0.25) is 0 Å². The van der Waals surface area contributed by atoms with Gasteiger partial charge in [0.15, 0.2) is 0 Å². The van der Waals surface area contributed by atoms with Crippen molar-refractivity contribution in [3.8, 4) is 0 Å². The number of aromatic nitrogens is 1. The molecule has 0 unspecified atom stereocenters. The Morgan fingerprint density at radius 3 is 2.57 bits per heavy atom. The predicted octanol–water partition coefficient (Wildman–Crippen LogP) is 2.75. The Kier molecular flexibility index (Phi) is 4.03. The molecule has 0 spiro atoms. The fourth-order valence-corrected chi connectivity index (χ4v) is 4.60. The maximum atomic E-state index is 12.7. The predicted molar refractivity (Wildman–Crippen MR) is 82.0 cm³/mol.